The van der Waals surface area contributed by atoms with Gasteiger partial charge in [-0.1, -0.05) is 36.4 Å². The third kappa shape index (κ3) is 2.12. The van der Waals surface area contributed by atoms with Gasteiger partial charge in [-0.05, 0) is 30.2 Å². The van der Waals surface area contributed by atoms with E-state index in [1.54, 1.807) is 13.0 Å². The summed E-state index contributed by atoms with van der Waals surface area (Å²) in [5, 5.41) is 3.34. The van der Waals surface area contributed by atoms with E-state index in [2.05, 4.69) is 0 Å². The van der Waals surface area contributed by atoms with Crippen LogP contribution in [0.5, 0.6) is 0 Å². The Kier molecular flexibility index (Phi) is 3.26. The molecule has 1 atom stereocenters. The van der Waals surface area contributed by atoms with Gasteiger partial charge in [0.2, 0.25) is 0 Å². The molecule has 21 heavy (non-hydrogen) atoms. The van der Waals surface area contributed by atoms with Crippen molar-refractivity contribution in [2.75, 3.05) is 13.7 Å². The number of nitrogens with zero attached hydrogens (tertiary/aromatic N) is 1. The van der Waals surface area contributed by atoms with Gasteiger partial charge >= 0.3 is 0 Å². The SMILES string of the molecule is CON1CC[C@@](C)(C(=O)c2ccc3ccccc3c2)C1=O. The predicted molar refractivity (Wildman–Crippen MR) is 79.7 cm³/mol. The summed E-state index contributed by atoms with van der Waals surface area (Å²) in [6.45, 7) is 2.15. The Morgan fingerprint density at radius 2 is 1.90 bits per heavy atom. The van der Waals surface area contributed by atoms with E-state index in [-0.39, 0.29) is 11.7 Å². The van der Waals surface area contributed by atoms with Crippen molar-refractivity contribution < 1.29 is 14.4 Å². The molecule has 4 nitrogen and oxygen atoms in total. The first-order valence-electron chi connectivity index (χ1n) is 6.96. The maximum absolute atomic E-state index is 12.8. The molecule has 1 amide bonds. The van der Waals surface area contributed by atoms with Crippen molar-refractivity contribution in [1.82, 2.24) is 5.06 Å². The van der Waals surface area contributed by atoms with Crippen molar-refractivity contribution in [3.63, 3.8) is 0 Å². The van der Waals surface area contributed by atoms with Crippen LogP contribution in [0.3, 0.4) is 0 Å². The number of ketones is 1. The molecule has 1 aliphatic rings. The molecule has 0 saturated carbocycles. The van der Waals surface area contributed by atoms with E-state index in [0.29, 0.717) is 18.5 Å². The van der Waals surface area contributed by atoms with E-state index < -0.39 is 5.41 Å². The number of hydroxylamine groups is 2. The lowest BCUT2D eigenvalue weighted by atomic mass is 9.80. The summed E-state index contributed by atoms with van der Waals surface area (Å²) in [5.41, 5.74) is -0.458. The first-order chi connectivity index (χ1) is 10.1. The van der Waals surface area contributed by atoms with Crippen LogP contribution < -0.4 is 0 Å². The van der Waals surface area contributed by atoms with Crippen molar-refractivity contribution in [2.45, 2.75) is 13.3 Å². The summed E-state index contributed by atoms with van der Waals surface area (Å²) < 4.78 is 0. The van der Waals surface area contributed by atoms with Crippen molar-refractivity contribution in [3.8, 4) is 0 Å². The monoisotopic (exact) mass is 283 g/mol. The van der Waals surface area contributed by atoms with Crippen LogP contribution in [0.25, 0.3) is 10.8 Å². The van der Waals surface area contributed by atoms with Crippen LogP contribution in [-0.4, -0.2) is 30.4 Å². The predicted octanol–water partition coefficient (Wildman–Crippen LogP) is 2.82. The lowest BCUT2D eigenvalue weighted by Crippen LogP contribution is -2.37. The van der Waals surface area contributed by atoms with Crippen molar-refractivity contribution in [3.05, 3.63) is 48.0 Å². The molecule has 0 radical (unpaired) electrons. The van der Waals surface area contributed by atoms with E-state index >= 15 is 0 Å². The molecule has 1 saturated heterocycles. The molecule has 2 aromatic rings. The Bertz CT molecular complexity index is 725. The largest absolute Gasteiger partial charge is 0.293 e. The molecule has 0 aliphatic carbocycles. The van der Waals surface area contributed by atoms with Crippen LogP contribution in [0.15, 0.2) is 42.5 Å². The number of carbonyl (C=O) groups excluding carboxylic acids is 2. The van der Waals surface area contributed by atoms with E-state index in [9.17, 15) is 9.59 Å². The van der Waals surface area contributed by atoms with Gasteiger partial charge in [0.25, 0.3) is 5.91 Å². The van der Waals surface area contributed by atoms with Gasteiger partial charge in [-0.15, -0.1) is 0 Å². The summed E-state index contributed by atoms with van der Waals surface area (Å²) >= 11 is 0. The zero-order valence-corrected chi connectivity index (χ0v) is 12.1. The smallest absolute Gasteiger partial charge is 0.259 e. The Balaban J connectivity index is 1.98. The highest BCUT2D eigenvalue weighted by Gasteiger charge is 2.49. The highest BCUT2D eigenvalue weighted by molar-refractivity contribution is 6.15. The van der Waals surface area contributed by atoms with Gasteiger partial charge in [0.15, 0.2) is 5.78 Å². The molecule has 0 bridgehead atoms. The topological polar surface area (TPSA) is 46.6 Å². The lowest BCUT2D eigenvalue weighted by molar-refractivity contribution is -0.171. The van der Waals surface area contributed by atoms with Crippen LogP contribution in [0, 0.1) is 5.41 Å². The fourth-order valence-corrected chi connectivity index (χ4v) is 2.84. The zero-order valence-electron chi connectivity index (χ0n) is 12.1. The third-order valence-corrected chi connectivity index (χ3v) is 4.25. The number of Topliss-reactive ketones (excluding diaryl/α,β-unsaturated/α-hetero) is 1. The number of hydrogen-bond acceptors (Lipinski definition) is 3. The first-order valence-corrected chi connectivity index (χ1v) is 6.96. The number of hydrogen-bond donors (Lipinski definition) is 0. The molecule has 2 aromatic carbocycles. The number of benzene rings is 2. The maximum atomic E-state index is 12.8. The van der Waals surface area contributed by atoms with Crippen molar-refractivity contribution in [1.29, 1.82) is 0 Å². The Labute approximate surface area is 123 Å². The normalized spacial score (nSPS) is 22.0. The number of rotatable bonds is 3. The van der Waals surface area contributed by atoms with Gasteiger partial charge in [0.05, 0.1) is 13.7 Å². The molecule has 0 aromatic heterocycles. The Morgan fingerprint density at radius 1 is 1.19 bits per heavy atom. The molecule has 0 N–H and O–H groups in total. The molecule has 108 valence electrons. The standard InChI is InChI=1S/C17H17NO3/c1-17(9-10-18(21-2)16(17)20)15(19)14-8-7-12-5-3-4-6-13(12)11-14/h3-8,11H,9-10H2,1-2H3/t17-/m0/s1. The molecule has 1 fully saturated rings. The molecule has 1 aliphatic heterocycles. The molecule has 3 rings (SSSR count). The Morgan fingerprint density at radius 3 is 2.57 bits per heavy atom. The fourth-order valence-electron chi connectivity index (χ4n) is 2.84. The second-order valence-electron chi connectivity index (χ2n) is 5.56. The average Bonchev–Trinajstić information content (AvgIpc) is 2.82. The molecular weight excluding hydrogens is 266 g/mol. The third-order valence-electron chi connectivity index (χ3n) is 4.25. The minimum absolute atomic E-state index is 0.141. The summed E-state index contributed by atoms with van der Waals surface area (Å²) in [6, 6.07) is 13.4. The molecule has 0 unspecified atom stereocenters. The van der Waals surface area contributed by atoms with Gasteiger partial charge in [-0.2, -0.15) is 0 Å². The minimum Gasteiger partial charge on any atom is -0.293 e. The highest BCUT2D eigenvalue weighted by atomic mass is 16.7. The van der Waals surface area contributed by atoms with E-state index in [1.165, 1.54) is 12.2 Å². The summed E-state index contributed by atoms with van der Waals surface area (Å²) in [5.74, 6) is -0.402. The quantitative estimate of drug-likeness (QED) is 0.643. The molecule has 0 spiro atoms. The van der Waals surface area contributed by atoms with Crippen LogP contribution in [0.1, 0.15) is 23.7 Å². The number of fused-ring (bicyclic) bond motifs is 1. The minimum atomic E-state index is -1.03. The first kappa shape index (κ1) is 13.8. The van der Waals surface area contributed by atoms with Crippen LogP contribution >= 0.6 is 0 Å². The van der Waals surface area contributed by atoms with E-state index in [0.717, 1.165) is 10.8 Å². The number of amides is 1. The van der Waals surface area contributed by atoms with Crippen LogP contribution in [0.2, 0.25) is 0 Å². The number of carbonyl (C=O) groups is 2. The van der Waals surface area contributed by atoms with Crippen molar-refractivity contribution in [2.24, 2.45) is 5.41 Å². The second-order valence-corrected chi connectivity index (χ2v) is 5.56. The highest BCUT2D eigenvalue weighted by Crippen LogP contribution is 2.35. The molecule has 1 heterocycles. The Hall–Kier alpha value is -2.20. The maximum Gasteiger partial charge on any atom is 0.259 e. The summed E-state index contributed by atoms with van der Waals surface area (Å²) in [4.78, 5) is 30.1. The van der Waals surface area contributed by atoms with E-state index in [4.69, 9.17) is 4.84 Å². The summed E-state index contributed by atoms with van der Waals surface area (Å²) in [7, 11) is 1.45. The fraction of sp³-hybridized carbons (Fsp3) is 0.294. The summed E-state index contributed by atoms with van der Waals surface area (Å²) in [6.07, 6.45) is 0.478. The van der Waals surface area contributed by atoms with Crippen molar-refractivity contribution >= 4 is 22.5 Å². The average molecular weight is 283 g/mol. The van der Waals surface area contributed by atoms with Gasteiger partial charge in [-0.3, -0.25) is 14.4 Å². The van der Waals surface area contributed by atoms with Crippen LogP contribution in [0.4, 0.5) is 0 Å². The van der Waals surface area contributed by atoms with Gasteiger partial charge in [-0.25, -0.2) is 5.06 Å². The lowest BCUT2D eigenvalue weighted by Gasteiger charge is -2.21. The van der Waals surface area contributed by atoms with Gasteiger partial charge in [0.1, 0.15) is 5.41 Å². The second kappa shape index (κ2) is 4.97. The molecule has 4 heteroatoms. The van der Waals surface area contributed by atoms with Crippen LogP contribution in [-0.2, 0) is 9.63 Å². The van der Waals surface area contributed by atoms with Gasteiger partial charge in [0, 0.05) is 5.56 Å². The van der Waals surface area contributed by atoms with E-state index in [1.807, 2.05) is 36.4 Å². The van der Waals surface area contributed by atoms with Gasteiger partial charge < -0.3 is 0 Å². The zero-order chi connectivity index (χ0) is 15.0. The molecular formula is C17H17NO3.